The minimum atomic E-state index is 0.168. The third-order valence-electron chi connectivity index (χ3n) is 4.77. The second-order valence-electron chi connectivity index (χ2n) is 6.48. The summed E-state index contributed by atoms with van der Waals surface area (Å²) < 4.78 is 0. The zero-order chi connectivity index (χ0) is 16.6. The number of rotatable bonds is 6. The number of para-hydroxylation sites is 1. The summed E-state index contributed by atoms with van der Waals surface area (Å²) >= 11 is 0. The Labute approximate surface area is 144 Å². The fraction of sp³-hybridized carbons (Fsp3) is 0.381. The van der Waals surface area contributed by atoms with Crippen molar-refractivity contribution in [2.24, 2.45) is 5.92 Å². The molecule has 1 fully saturated rings. The van der Waals surface area contributed by atoms with Crippen molar-refractivity contribution in [2.75, 3.05) is 24.5 Å². The maximum atomic E-state index is 12.3. The van der Waals surface area contributed by atoms with Crippen molar-refractivity contribution in [1.82, 2.24) is 5.32 Å². The van der Waals surface area contributed by atoms with Gasteiger partial charge in [0.1, 0.15) is 0 Å². The summed E-state index contributed by atoms with van der Waals surface area (Å²) in [7, 11) is 0. The first-order valence-electron chi connectivity index (χ1n) is 8.94. The molecule has 3 rings (SSSR count). The molecule has 126 valence electrons. The SMILES string of the molecule is O=C(NCCCc1ccccc1)C1CCN(c2ccccc2)CC1. The van der Waals surface area contributed by atoms with Crippen molar-refractivity contribution in [3.05, 3.63) is 66.2 Å². The van der Waals surface area contributed by atoms with E-state index in [1.54, 1.807) is 0 Å². The zero-order valence-electron chi connectivity index (χ0n) is 14.2. The summed E-state index contributed by atoms with van der Waals surface area (Å²) in [6.07, 6.45) is 3.91. The van der Waals surface area contributed by atoms with Gasteiger partial charge in [0, 0.05) is 31.2 Å². The van der Waals surface area contributed by atoms with Gasteiger partial charge in [0.2, 0.25) is 5.91 Å². The van der Waals surface area contributed by atoms with Crippen molar-refractivity contribution in [2.45, 2.75) is 25.7 Å². The van der Waals surface area contributed by atoms with Gasteiger partial charge in [-0.2, -0.15) is 0 Å². The van der Waals surface area contributed by atoms with Crippen LogP contribution in [-0.4, -0.2) is 25.5 Å². The second kappa shape index (κ2) is 8.53. The third kappa shape index (κ3) is 4.60. The number of hydrogen-bond acceptors (Lipinski definition) is 2. The summed E-state index contributed by atoms with van der Waals surface area (Å²) in [5, 5.41) is 3.12. The fourth-order valence-corrected chi connectivity index (χ4v) is 3.33. The maximum absolute atomic E-state index is 12.3. The first kappa shape index (κ1) is 16.6. The van der Waals surface area contributed by atoms with E-state index in [4.69, 9.17) is 0 Å². The van der Waals surface area contributed by atoms with Gasteiger partial charge in [-0.3, -0.25) is 4.79 Å². The monoisotopic (exact) mass is 322 g/mol. The number of nitrogens with zero attached hydrogens (tertiary/aromatic N) is 1. The lowest BCUT2D eigenvalue weighted by molar-refractivity contribution is -0.125. The molecule has 0 bridgehead atoms. The van der Waals surface area contributed by atoms with Crippen LogP contribution in [0.1, 0.15) is 24.8 Å². The maximum Gasteiger partial charge on any atom is 0.223 e. The van der Waals surface area contributed by atoms with Crippen molar-refractivity contribution < 1.29 is 4.79 Å². The van der Waals surface area contributed by atoms with Gasteiger partial charge >= 0.3 is 0 Å². The molecule has 2 aromatic carbocycles. The second-order valence-corrected chi connectivity index (χ2v) is 6.48. The number of anilines is 1. The van der Waals surface area contributed by atoms with Gasteiger partial charge < -0.3 is 10.2 Å². The molecule has 1 N–H and O–H groups in total. The van der Waals surface area contributed by atoms with Gasteiger partial charge in [-0.05, 0) is 43.4 Å². The highest BCUT2D eigenvalue weighted by Crippen LogP contribution is 2.23. The van der Waals surface area contributed by atoms with E-state index in [9.17, 15) is 4.79 Å². The molecule has 0 atom stereocenters. The van der Waals surface area contributed by atoms with Gasteiger partial charge in [0.25, 0.3) is 0 Å². The lowest BCUT2D eigenvalue weighted by Crippen LogP contribution is -2.40. The van der Waals surface area contributed by atoms with E-state index in [2.05, 4.69) is 58.7 Å². The van der Waals surface area contributed by atoms with Crippen LogP contribution in [0.4, 0.5) is 5.69 Å². The van der Waals surface area contributed by atoms with Crippen LogP contribution in [-0.2, 0) is 11.2 Å². The molecule has 0 saturated carbocycles. The van der Waals surface area contributed by atoms with Crippen LogP contribution in [0.25, 0.3) is 0 Å². The average Bonchev–Trinajstić information content (AvgIpc) is 2.67. The molecular weight excluding hydrogens is 296 g/mol. The summed E-state index contributed by atoms with van der Waals surface area (Å²) in [6.45, 7) is 2.70. The molecule has 0 aliphatic carbocycles. The van der Waals surface area contributed by atoms with Crippen molar-refractivity contribution >= 4 is 11.6 Å². The summed E-state index contributed by atoms with van der Waals surface area (Å²) in [6, 6.07) is 20.9. The zero-order valence-corrected chi connectivity index (χ0v) is 14.2. The normalized spacial score (nSPS) is 15.2. The molecule has 1 amide bonds. The minimum Gasteiger partial charge on any atom is -0.371 e. The number of nitrogens with one attached hydrogen (secondary N) is 1. The van der Waals surface area contributed by atoms with Gasteiger partial charge in [0.05, 0.1) is 0 Å². The highest BCUT2D eigenvalue weighted by Gasteiger charge is 2.24. The Morgan fingerprint density at radius 1 is 0.958 bits per heavy atom. The van der Waals surface area contributed by atoms with E-state index in [-0.39, 0.29) is 11.8 Å². The van der Waals surface area contributed by atoms with Gasteiger partial charge in [0.15, 0.2) is 0 Å². The van der Waals surface area contributed by atoms with Gasteiger partial charge in [-0.1, -0.05) is 48.5 Å². The molecule has 2 aromatic rings. The number of amides is 1. The predicted molar refractivity (Wildman–Crippen MR) is 99.2 cm³/mol. The average molecular weight is 322 g/mol. The van der Waals surface area contributed by atoms with Crippen molar-refractivity contribution in [1.29, 1.82) is 0 Å². The quantitative estimate of drug-likeness (QED) is 0.823. The number of benzene rings is 2. The largest absolute Gasteiger partial charge is 0.371 e. The third-order valence-corrected chi connectivity index (χ3v) is 4.77. The summed E-state index contributed by atoms with van der Waals surface area (Å²) in [5.74, 6) is 0.400. The van der Waals surface area contributed by atoms with E-state index < -0.39 is 0 Å². The number of hydrogen-bond donors (Lipinski definition) is 1. The Morgan fingerprint density at radius 2 is 1.58 bits per heavy atom. The fourth-order valence-electron chi connectivity index (χ4n) is 3.33. The van der Waals surface area contributed by atoms with Crippen LogP contribution in [0, 0.1) is 5.92 Å². The molecule has 0 unspecified atom stereocenters. The van der Waals surface area contributed by atoms with Gasteiger partial charge in [-0.25, -0.2) is 0 Å². The molecular formula is C21H26N2O. The Balaban J connectivity index is 1.36. The number of piperidine rings is 1. The van der Waals surface area contributed by atoms with Gasteiger partial charge in [-0.15, -0.1) is 0 Å². The van der Waals surface area contributed by atoms with Crippen LogP contribution in [0.3, 0.4) is 0 Å². The lowest BCUT2D eigenvalue weighted by atomic mass is 9.95. The Morgan fingerprint density at radius 3 is 2.25 bits per heavy atom. The highest BCUT2D eigenvalue weighted by molar-refractivity contribution is 5.79. The number of aryl methyl sites for hydroxylation is 1. The van der Waals surface area contributed by atoms with Crippen molar-refractivity contribution in [3.63, 3.8) is 0 Å². The van der Waals surface area contributed by atoms with E-state index >= 15 is 0 Å². The lowest BCUT2D eigenvalue weighted by Gasteiger charge is -2.33. The number of carbonyl (C=O) groups is 1. The molecule has 0 radical (unpaired) electrons. The Kier molecular flexibility index (Phi) is 5.89. The first-order chi connectivity index (χ1) is 11.8. The van der Waals surface area contributed by atoms with E-state index in [1.165, 1.54) is 11.3 Å². The molecule has 1 saturated heterocycles. The van der Waals surface area contributed by atoms with E-state index in [0.717, 1.165) is 45.3 Å². The van der Waals surface area contributed by atoms with Crippen LogP contribution in [0.2, 0.25) is 0 Å². The highest BCUT2D eigenvalue weighted by atomic mass is 16.1. The van der Waals surface area contributed by atoms with Crippen LogP contribution in [0.5, 0.6) is 0 Å². The molecule has 3 heteroatoms. The molecule has 1 heterocycles. The summed E-state index contributed by atoms with van der Waals surface area (Å²) in [5.41, 5.74) is 2.60. The minimum absolute atomic E-state index is 0.168. The van der Waals surface area contributed by atoms with Crippen LogP contribution in [0.15, 0.2) is 60.7 Å². The van der Waals surface area contributed by atoms with E-state index in [1.807, 2.05) is 12.1 Å². The molecule has 3 nitrogen and oxygen atoms in total. The predicted octanol–water partition coefficient (Wildman–Crippen LogP) is 3.65. The first-order valence-corrected chi connectivity index (χ1v) is 8.94. The Bertz CT molecular complexity index is 619. The Hall–Kier alpha value is -2.29. The standard InChI is InChI=1S/C21H26N2O/c24-21(22-15-7-10-18-8-3-1-4-9-18)19-13-16-23(17-14-19)20-11-5-2-6-12-20/h1-6,8-9,11-12,19H,7,10,13-17H2,(H,22,24). The molecule has 1 aliphatic rings. The summed E-state index contributed by atoms with van der Waals surface area (Å²) in [4.78, 5) is 14.7. The van der Waals surface area contributed by atoms with E-state index in [0.29, 0.717) is 0 Å². The molecule has 0 aromatic heterocycles. The number of carbonyl (C=O) groups excluding carboxylic acids is 1. The van der Waals surface area contributed by atoms with Crippen LogP contribution < -0.4 is 10.2 Å². The molecule has 24 heavy (non-hydrogen) atoms. The molecule has 1 aliphatic heterocycles. The topological polar surface area (TPSA) is 32.3 Å². The van der Waals surface area contributed by atoms with Crippen LogP contribution >= 0.6 is 0 Å². The molecule has 0 spiro atoms. The van der Waals surface area contributed by atoms with Crippen molar-refractivity contribution in [3.8, 4) is 0 Å². The smallest absolute Gasteiger partial charge is 0.223 e.